The Morgan fingerprint density at radius 2 is 1.84 bits per heavy atom. The largest absolute Gasteiger partial charge is 0.382 e. The fraction of sp³-hybridized carbons (Fsp3) is 0.286. The second kappa shape index (κ2) is 4.90. The van der Waals surface area contributed by atoms with Crippen molar-refractivity contribution < 1.29 is 0 Å². The van der Waals surface area contributed by atoms with Gasteiger partial charge in [-0.2, -0.15) is 9.64 Å². The minimum atomic E-state index is 0.351. The molecule has 0 saturated heterocycles. The van der Waals surface area contributed by atoms with Gasteiger partial charge in [0.1, 0.15) is 16.6 Å². The van der Waals surface area contributed by atoms with Crippen LogP contribution in [0.4, 0.5) is 10.8 Å². The van der Waals surface area contributed by atoms with Crippen LogP contribution in [0.5, 0.6) is 0 Å². The highest BCUT2D eigenvalue weighted by Gasteiger charge is 2.20. The summed E-state index contributed by atoms with van der Waals surface area (Å²) in [6, 6.07) is 10.7. The Balaban J connectivity index is 1.88. The van der Waals surface area contributed by atoms with E-state index in [1.165, 1.54) is 22.7 Å². The number of nitriles is 1. The quantitative estimate of drug-likeness (QED) is 0.862. The summed E-state index contributed by atoms with van der Waals surface area (Å²) < 4.78 is 4.10. The monoisotopic (exact) mass is 270 g/mol. The van der Waals surface area contributed by atoms with Crippen LogP contribution in [0.3, 0.4) is 0 Å². The molecule has 0 amide bonds. The van der Waals surface area contributed by atoms with Crippen molar-refractivity contribution in [1.82, 2.24) is 4.37 Å². The smallest absolute Gasteiger partial charge is 0.157 e. The molecule has 3 rings (SSSR count). The van der Waals surface area contributed by atoms with Crippen LogP contribution >= 0.6 is 11.5 Å². The first-order chi connectivity index (χ1) is 9.29. The highest BCUT2D eigenvalue weighted by Crippen LogP contribution is 2.31. The van der Waals surface area contributed by atoms with Gasteiger partial charge in [0.2, 0.25) is 0 Å². The molecule has 1 aromatic heterocycles. The molecule has 19 heavy (non-hydrogen) atoms. The predicted molar refractivity (Wildman–Crippen MR) is 77.3 cm³/mol. The third-order valence-electron chi connectivity index (χ3n) is 3.52. The summed E-state index contributed by atoms with van der Waals surface area (Å²) >= 11 is 1.32. The number of nitrogen functional groups attached to an aromatic ring is 1. The molecule has 4 nitrogen and oxygen atoms in total. The zero-order chi connectivity index (χ0) is 13.2. The van der Waals surface area contributed by atoms with Gasteiger partial charge < -0.3 is 10.6 Å². The summed E-state index contributed by atoms with van der Waals surface area (Å²) in [7, 11) is 0. The molecule has 0 bridgehead atoms. The topological polar surface area (TPSA) is 65.9 Å². The molecule has 2 N–H and O–H groups in total. The maximum atomic E-state index is 9.17. The van der Waals surface area contributed by atoms with Gasteiger partial charge in [-0.1, -0.05) is 24.3 Å². The maximum absolute atomic E-state index is 9.17. The van der Waals surface area contributed by atoms with E-state index in [0.29, 0.717) is 11.4 Å². The molecule has 0 radical (unpaired) electrons. The molecule has 1 aliphatic rings. The predicted octanol–water partition coefficient (Wildman–Crippen LogP) is 2.20. The summed E-state index contributed by atoms with van der Waals surface area (Å²) in [6.07, 6.45) is 2.00. The summed E-state index contributed by atoms with van der Waals surface area (Å²) in [5.74, 6) is 0.351. The van der Waals surface area contributed by atoms with Crippen LogP contribution in [0, 0.1) is 11.3 Å². The van der Waals surface area contributed by atoms with E-state index in [-0.39, 0.29) is 0 Å². The number of rotatable bonds is 1. The van der Waals surface area contributed by atoms with Crippen molar-refractivity contribution in [2.45, 2.75) is 12.8 Å². The normalized spacial score (nSPS) is 14.6. The van der Waals surface area contributed by atoms with Gasteiger partial charge in [-0.15, -0.1) is 0 Å². The van der Waals surface area contributed by atoms with E-state index in [4.69, 9.17) is 5.73 Å². The minimum absolute atomic E-state index is 0.351. The molecule has 0 saturated carbocycles. The van der Waals surface area contributed by atoms with Crippen molar-refractivity contribution in [2.24, 2.45) is 0 Å². The molecule has 96 valence electrons. The number of hydrogen-bond donors (Lipinski definition) is 1. The molecule has 0 fully saturated rings. The van der Waals surface area contributed by atoms with Crippen molar-refractivity contribution >= 4 is 22.4 Å². The Hall–Kier alpha value is -2.06. The van der Waals surface area contributed by atoms with E-state index in [9.17, 15) is 5.26 Å². The minimum Gasteiger partial charge on any atom is -0.382 e. The van der Waals surface area contributed by atoms with Gasteiger partial charge in [-0.25, -0.2) is 0 Å². The highest BCUT2D eigenvalue weighted by molar-refractivity contribution is 7.10. The molecule has 1 aromatic carbocycles. The van der Waals surface area contributed by atoms with E-state index >= 15 is 0 Å². The Kier molecular flexibility index (Phi) is 3.10. The van der Waals surface area contributed by atoms with Gasteiger partial charge in [0.25, 0.3) is 0 Å². The third kappa shape index (κ3) is 2.15. The van der Waals surface area contributed by atoms with Crippen LogP contribution in [0.15, 0.2) is 24.3 Å². The van der Waals surface area contributed by atoms with Gasteiger partial charge >= 0.3 is 0 Å². The maximum Gasteiger partial charge on any atom is 0.157 e. The molecule has 5 heteroatoms. The molecular weight excluding hydrogens is 256 g/mol. The molecule has 0 unspecified atom stereocenters. The van der Waals surface area contributed by atoms with Gasteiger partial charge in [-0.3, -0.25) is 0 Å². The van der Waals surface area contributed by atoms with E-state index in [0.717, 1.165) is 30.9 Å². The average molecular weight is 270 g/mol. The fourth-order valence-electron chi connectivity index (χ4n) is 2.49. The van der Waals surface area contributed by atoms with Crippen LogP contribution in [-0.4, -0.2) is 17.5 Å². The number of benzene rings is 1. The highest BCUT2D eigenvalue weighted by atomic mass is 32.1. The first kappa shape index (κ1) is 12.0. The molecular formula is C14H14N4S. The number of nitrogens with zero attached hydrogens (tertiary/aromatic N) is 3. The second-order valence-electron chi connectivity index (χ2n) is 4.62. The van der Waals surface area contributed by atoms with Crippen molar-refractivity contribution in [3.8, 4) is 6.07 Å². The molecule has 0 atom stereocenters. The lowest BCUT2D eigenvalue weighted by atomic mass is 10.0. The number of nitrogens with two attached hydrogens (primary N) is 1. The van der Waals surface area contributed by atoms with Gasteiger partial charge in [-0.05, 0) is 35.5 Å². The van der Waals surface area contributed by atoms with E-state index < -0.39 is 0 Å². The Bertz CT molecular complexity index is 614. The Morgan fingerprint density at radius 1 is 1.21 bits per heavy atom. The SMILES string of the molecule is N#Cc1c(N)nsc1N1CCc2ccccc2CC1. The lowest BCUT2D eigenvalue weighted by Crippen LogP contribution is -2.25. The lowest BCUT2D eigenvalue weighted by molar-refractivity contribution is 0.813. The molecule has 2 aromatic rings. The third-order valence-corrected chi connectivity index (χ3v) is 4.44. The van der Waals surface area contributed by atoms with Crippen LogP contribution in [-0.2, 0) is 12.8 Å². The van der Waals surface area contributed by atoms with Crippen molar-refractivity contribution in [3.05, 3.63) is 41.0 Å². The average Bonchev–Trinajstić information content (AvgIpc) is 2.68. The second-order valence-corrected chi connectivity index (χ2v) is 5.37. The first-order valence-electron chi connectivity index (χ1n) is 6.26. The fourth-order valence-corrected chi connectivity index (χ4v) is 3.30. The number of aromatic nitrogens is 1. The molecule has 1 aliphatic heterocycles. The van der Waals surface area contributed by atoms with Crippen molar-refractivity contribution in [3.63, 3.8) is 0 Å². The van der Waals surface area contributed by atoms with Gasteiger partial charge in [0.05, 0.1) is 0 Å². The molecule has 0 aliphatic carbocycles. The van der Waals surface area contributed by atoms with Crippen LogP contribution in [0.2, 0.25) is 0 Å². The van der Waals surface area contributed by atoms with Gasteiger partial charge in [0.15, 0.2) is 5.82 Å². The van der Waals surface area contributed by atoms with E-state index in [1.807, 2.05) is 0 Å². The standard InChI is InChI=1S/C14H14N4S/c15-9-12-13(16)17-19-14(12)18-7-5-10-3-1-2-4-11(10)6-8-18/h1-4H,5-8H2,(H2,16,17). The summed E-state index contributed by atoms with van der Waals surface area (Å²) in [6.45, 7) is 1.82. The van der Waals surface area contributed by atoms with Gasteiger partial charge in [0, 0.05) is 13.1 Å². The number of hydrogen-bond acceptors (Lipinski definition) is 5. The van der Waals surface area contributed by atoms with Crippen LogP contribution < -0.4 is 10.6 Å². The molecule has 2 heterocycles. The zero-order valence-electron chi connectivity index (χ0n) is 10.5. The lowest BCUT2D eigenvalue weighted by Gasteiger charge is -2.20. The first-order valence-corrected chi connectivity index (χ1v) is 7.04. The molecule has 0 spiro atoms. The Labute approximate surface area is 116 Å². The number of fused-ring (bicyclic) bond motifs is 1. The zero-order valence-corrected chi connectivity index (χ0v) is 11.3. The summed E-state index contributed by atoms with van der Waals surface area (Å²) in [5, 5.41) is 10.1. The van der Waals surface area contributed by atoms with Crippen LogP contribution in [0.25, 0.3) is 0 Å². The van der Waals surface area contributed by atoms with E-state index in [1.54, 1.807) is 0 Å². The summed E-state index contributed by atoms with van der Waals surface area (Å²) in [5.41, 5.74) is 9.06. The summed E-state index contributed by atoms with van der Waals surface area (Å²) in [4.78, 5) is 2.23. The Morgan fingerprint density at radius 3 is 2.42 bits per heavy atom. The van der Waals surface area contributed by atoms with Crippen LogP contribution in [0.1, 0.15) is 16.7 Å². The van der Waals surface area contributed by atoms with Crippen molar-refractivity contribution in [1.29, 1.82) is 5.26 Å². The van der Waals surface area contributed by atoms with E-state index in [2.05, 4.69) is 39.6 Å². The number of anilines is 2. The van der Waals surface area contributed by atoms with Crippen molar-refractivity contribution in [2.75, 3.05) is 23.7 Å².